The molecule has 4 nitrogen and oxygen atoms in total. The molecule has 0 unspecified atom stereocenters. The lowest BCUT2D eigenvalue weighted by Gasteiger charge is -2.10. The molecule has 2 aromatic carbocycles. The predicted molar refractivity (Wildman–Crippen MR) is 106 cm³/mol. The van der Waals surface area contributed by atoms with E-state index in [0.29, 0.717) is 17.8 Å². The standard InChI is InChI=1S/C22H25NO3/c1-16-9-10-21-18(13-16)15-20(22(24)26-21)17-7-6-8-19(14-17)25-12-5-4-11-23(2)3/h6-10,13-15H,4-5,11-12H2,1-3H3. The first kappa shape index (κ1) is 18.2. The lowest BCUT2D eigenvalue weighted by molar-refractivity contribution is 0.293. The van der Waals surface area contributed by atoms with Crippen molar-refractivity contribution in [3.8, 4) is 16.9 Å². The SMILES string of the molecule is Cc1ccc2oc(=O)c(-c3cccc(OCCCCN(C)C)c3)cc2c1. The summed E-state index contributed by atoms with van der Waals surface area (Å²) in [7, 11) is 4.14. The molecule has 0 atom stereocenters. The van der Waals surface area contributed by atoms with Crippen LogP contribution in [0.2, 0.25) is 0 Å². The third kappa shape index (κ3) is 4.52. The molecule has 1 aromatic heterocycles. The van der Waals surface area contributed by atoms with Crippen LogP contribution in [-0.4, -0.2) is 32.1 Å². The summed E-state index contributed by atoms with van der Waals surface area (Å²) in [6.07, 6.45) is 2.10. The summed E-state index contributed by atoms with van der Waals surface area (Å²) in [5.74, 6) is 0.774. The second-order valence-electron chi connectivity index (χ2n) is 6.88. The summed E-state index contributed by atoms with van der Waals surface area (Å²) in [5.41, 5.74) is 2.78. The lowest BCUT2D eigenvalue weighted by Crippen LogP contribution is -2.13. The molecule has 0 bridgehead atoms. The van der Waals surface area contributed by atoms with Gasteiger partial charge in [0.05, 0.1) is 12.2 Å². The Morgan fingerprint density at radius 2 is 1.88 bits per heavy atom. The average molecular weight is 351 g/mol. The number of rotatable bonds is 7. The molecule has 3 rings (SSSR count). The minimum atomic E-state index is -0.329. The highest BCUT2D eigenvalue weighted by molar-refractivity contribution is 5.82. The second kappa shape index (κ2) is 8.19. The first-order valence-electron chi connectivity index (χ1n) is 8.95. The predicted octanol–water partition coefficient (Wildman–Crippen LogP) is 4.49. The fourth-order valence-corrected chi connectivity index (χ4v) is 2.92. The number of benzene rings is 2. The third-order valence-electron chi connectivity index (χ3n) is 4.30. The van der Waals surface area contributed by atoms with Crippen LogP contribution < -0.4 is 10.4 Å². The van der Waals surface area contributed by atoms with Crippen molar-refractivity contribution in [2.75, 3.05) is 27.2 Å². The Labute approximate surface area is 154 Å². The smallest absolute Gasteiger partial charge is 0.344 e. The number of hydrogen-bond acceptors (Lipinski definition) is 4. The zero-order valence-electron chi connectivity index (χ0n) is 15.6. The Morgan fingerprint density at radius 3 is 2.69 bits per heavy atom. The van der Waals surface area contributed by atoms with Crippen molar-refractivity contribution in [1.82, 2.24) is 4.90 Å². The van der Waals surface area contributed by atoms with Gasteiger partial charge < -0.3 is 14.1 Å². The number of ether oxygens (including phenoxy) is 1. The lowest BCUT2D eigenvalue weighted by atomic mass is 10.0. The Morgan fingerprint density at radius 1 is 1.04 bits per heavy atom. The molecule has 0 radical (unpaired) electrons. The second-order valence-corrected chi connectivity index (χ2v) is 6.88. The number of aryl methyl sites for hydroxylation is 1. The Hall–Kier alpha value is -2.59. The van der Waals surface area contributed by atoms with Crippen LogP contribution in [0.3, 0.4) is 0 Å². The summed E-state index contributed by atoms with van der Waals surface area (Å²) in [4.78, 5) is 14.5. The van der Waals surface area contributed by atoms with E-state index in [2.05, 4.69) is 19.0 Å². The number of nitrogens with zero attached hydrogens (tertiary/aromatic N) is 1. The minimum Gasteiger partial charge on any atom is -0.494 e. The van der Waals surface area contributed by atoms with Crippen molar-refractivity contribution in [3.63, 3.8) is 0 Å². The van der Waals surface area contributed by atoms with Gasteiger partial charge in [-0.2, -0.15) is 0 Å². The zero-order valence-corrected chi connectivity index (χ0v) is 15.6. The highest BCUT2D eigenvalue weighted by Gasteiger charge is 2.09. The van der Waals surface area contributed by atoms with Crippen LogP contribution in [0.1, 0.15) is 18.4 Å². The van der Waals surface area contributed by atoms with Crippen molar-refractivity contribution in [3.05, 3.63) is 64.5 Å². The first-order valence-corrected chi connectivity index (χ1v) is 8.95. The number of unbranched alkanes of at least 4 members (excludes halogenated alkanes) is 1. The molecule has 0 fully saturated rings. The zero-order chi connectivity index (χ0) is 18.5. The molecule has 0 amide bonds. The van der Waals surface area contributed by atoms with Crippen LogP contribution in [0.4, 0.5) is 0 Å². The molecule has 0 spiro atoms. The highest BCUT2D eigenvalue weighted by Crippen LogP contribution is 2.25. The van der Waals surface area contributed by atoms with E-state index < -0.39 is 0 Å². The molecular weight excluding hydrogens is 326 g/mol. The number of hydrogen-bond donors (Lipinski definition) is 0. The molecule has 136 valence electrons. The van der Waals surface area contributed by atoms with Crippen molar-refractivity contribution in [2.24, 2.45) is 0 Å². The van der Waals surface area contributed by atoms with Crippen LogP contribution in [0.15, 0.2) is 57.7 Å². The van der Waals surface area contributed by atoms with Crippen LogP contribution in [0.25, 0.3) is 22.1 Å². The van der Waals surface area contributed by atoms with Crippen molar-refractivity contribution in [1.29, 1.82) is 0 Å². The quantitative estimate of drug-likeness (QED) is 0.465. The monoisotopic (exact) mass is 351 g/mol. The molecule has 26 heavy (non-hydrogen) atoms. The summed E-state index contributed by atoms with van der Waals surface area (Å²) in [5, 5.41) is 0.926. The maximum absolute atomic E-state index is 12.4. The van der Waals surface area contributed by atoms with Gasteiger partial charge in [0, 0.05) is 5.39 Å². The van der Waals surface area contributed by atoms with Crippen LogP contribution in [-0.2, 0) is 0 Å². The van der Waals surface area contributed by atoms with Gasteiger partial charge in [0.2, 0.25) is 0 Å². The van der Waals surface area contributed by atoms with E-state index in [0.717, 1.165) is 41.6 Å². The van der Waals surface area contributed by atoms with Crippen LogP contribution in [0.5, 0.6) is 5.75 Å². The van der Waals surface area contributed by atoms with E-state index in [1.807, 2.05) is 55.5 Å². The van der Waals surface area contributed by atoms with E-state index in [1.165, 1.54) is 0 Å². The summed E-state index contributed by atoms with van der Waals surface area (Å²) >= 11 is 0. The van der Waals surface area contributed by atoms with Gasteiger partial charge in [-0.05, 0) is 76.3 Å². The van der Waals surface area contributed by atoms with E-state index in [9.17, 15) is 4.79 Å². The average Bonchev–Trinajstić information content (AvgIpc) is 2.61. The number of fused-ring (bicyclic) bond motifs is 1. The molecule has 1 heterocycles. The maximum Gasteiger partial charge on any atom is 0.344 e. The van der Waals surface area contributed by atoms with Gasteiger partial charge in [0.15, 0.2) is 0 Å². The molecule has 3 aromatic rings. The normalized spacial score (nSPS) is 11.2. The molecule has 0 saturated heterocycles. The Balaban J connectivity index is 1.78. The molecule has 4 heteroatoms. The van der Waals surface area contributed by atoms with Crippen LogP contribution >= 0.6 is 0 Å². The topological polar surface area (TPSA) is 42.7 Å². The van der Waals surface area contributed by atoms with E-state index >= 15 is 0 Å². The van der Waals surface area contributed by atoms with Crippen LogP contribution in [0, 0.1) is 6.92 Å². The highest BCUT2D eigenvalue weighted by atomic mass is 16.5. The van der Waals surface area contributed by atoms with E-state index in [4.69, 9.17) is 9.15 Å². The molecular formula is C22H25NO3. The van der Waals surface area contributed by atoms with Gasteiger partial charge in [-0.15, -0.1) is 0 Å². The summed E-state index contributed by atoms with van der Waals surface area (Å²) in [6.45, 7) is 3.75. The van der Waals surface area contributed by atoms with Gasteiger partial charge in [-0.3, -0.25) is 0 Å². The summed E-state index contributed by atoms with van der Waals surface area (Å²) in [6, 6.07) is 15.3. The molecule has 0 aliphatic heterocycles. The molecule has 0 aliphatic rings. The first-order chi connectivity index (χ1) is 12.5. The Bertz CT molecular complexity index is 944. The van der Waals surface area contributed by atoms with E-state index in [1.54, 1.807) is 0 Å². The molecule has 0 saturated carbocycles. The molecule has 0 N–H and O–H groups in total. The maximum atomic E-state index is 12.4. The van der Waals surface area contributed by atoms with Gasteiger partial charge in [0.1, 0.15) is 11.3 Å². The fourth-order valence-electron chi connectivity index (χ4n) is 2.92. The molecule has 0 aliphatic carbocycles. The minimum absolute atomic E-state index is 0.329. The van der Waals surface area contributed by atoms with Gasteiger partial charge in [-0.25, -0.2) is 4.79 Å². The third-order valence-corrected chi connectivity index (χ3v) is 4.30. The van der Waals surface area contributed by atoms with E-state index in [-0.39, 0.29) is 5.63 Å². The summed E-state index contributed by atoms with van der Waals surface area (Å²) < 4.78 is 11.3. The van der Waals surface area contributed by atoms with Gasteiger partial charge >= 0.3 is 5.63 Å². The largest absolute Gasteiger partial charge is 0.494 e. The van der Waals surface area contributed by atoms with Crippen molar-refractivity contribution < 1.29 is 9.15 Å². The van der Waals surface area contributed by atoms with Crippen molar-refractivity contribution >= 4 is 11.0 Å². The van der Waals surface area contributed by atoms with Crippen molar-refractivity contribution in [2.45, 2.75) is 19.8 Å². The fraction of sp³-hybridized carbons (Fsp3) is 0.318. The Kier molecular flexibility index (Phi) is 5.74. The van der Waals surface area contributed by atoms with Gasteiger partial charge in [0.25, 0.3) is 0 Å². The van der Waals surface area contributed by atoms with Gasteiger partial charge in [-0.1, -0.05) is 23.8 Å².